The van der Waals surface area contributed by atoms with E-state index in [2.05, 4.69) is 0 Å². The molecule has 0 radical (unpaired) electrons. The quantitative estimate of drug-likeness (QED) is 0.661. The topological polar surface area (TPSA) is 55.6 Å². The molecule has 0 unspecified atom stereocenters. The van der Waals surface area contributed by atoms with E-state index in [1.54, 1.807) is 11.9 Å². The predicted octanol–water partition coefficient (Wildman–Crippen LogP) is 0.999. The molecule has 4 nitrogen and oxygen atoms in total. The fourth-order valence-electron chi connectivity index (χ4n) is 1.39. The minimum Gasteiger partial charge on any atom is -0.379 e. The average Bonchev–Trinajstić information content (AvgIpc) is 2.92. The first-order valence-corrected chi connectivity index (χ1v) is 5.99. The molecule has 0 saturated heterocycles. The summed E-state index contributed by atoms with van der Waals surface area (Å²) in [5.74, 6) is 0.867. The van der Waals surface area contributed by atoms with Crippen molar-refractivity contribution in [2.75, 3.05) is 26.8 Å². The summed E-state index contributed by atoms with van der Waals surface area (Å²) in [5.41, 5.74) is 5.37. The molecular weight excluding hydrogens is 204 g/mol. The number of nitrogens with zero attached hydrogens (tertiary/aromatic N) is 1. The lowest BCUT2D eigenvalue weighted by Crippen LogP contribution is -2.40. The summed E-state index contributed by atoms with van der Waals surface area (Å²) in [4.78, 5) is 13.4. The minimum atomic E-state index is -0.430. The summed E-state index contributed by atoms with van der Waals surface area (Å²) in [7, 11) is 1.80. The first-order chi connectivity index (χ1) is 7.38. The van der Waals surface area contributed by atoms with Crippen LogP contribution < -0.4 is 5.73 Å². The fraction of sp³-hybridized carbons (Fsp3) is 0.917. The highest BCUT2D eigenvalue weighted by atomic mass is 16.5. The van der Waals surface area contributed by atoms with Gasteiger partial charge in [-0.15, -0.1) is 0 Å². The van der Waals surface area contributed by atoms with Gasteiger partial charge in [0.25, 0.3) is 0 Å². The molecule has 4 heteroatoms. The molecule has 2 N–H and O–H groups in total. The maximum absolute atomic E-state index is 11.7. The van der Waals surface area contributed by atoms with Gasteiger partial charge in [0.15, 0.2) is 0 Å². The van der Waals surface area contributed by atoms with Crippen molar-refractivity contribution >= 4 is 5.91 Å². The van der Waals surface area contributed by atoms with Crippen LogP contribution >= 0.6 is 0 Å². The van der Waals surface area contributed by atoms with E-state index in [0.717, 1.165) is 12.5 Å². The fourth-order valence-corrected chi connectivity index (χ4v) is 1.39. The Morgan fingerprint density at radius 1 is 1.50 bits per heavy atom. The van der Waals surface area contributed by atoms with Crippen LogP contribution in [0.15, 0.2) is 0 Å². The number of carbonyl (C=O) groups is 1. The summed E-state index contributed by atoms with van der Waals surface area (Å²) in [6.07, 6.45) is 2.98. The Labute approximate surface area is 98.1 Å². The van der Waals surface area contributed by atoms with Crippen LogP contribution in [0.25, 0.3) is 0 Å². The van der Waals surface area contributed by atoms with Crippen LogP contribution in [0.4, 0.5) is 0 Å². The van der Waals surface area contributed by atoms with Gasteiger partial charge in [-0.2, -0.15) is 0 Å². The molecule has 1 amide bonds. The van der Waals surface area contributed by atoms with E-state index in [4.69, 9.17) is 10.5 Å². The van der Waals surface area contributed by atoms with Crippen LogP contribution in [0.1, 0.15) is 33.1 Å². The third-order valence-corrected chi connectivity index (χ3v) is 2.65. The molecule has 16 heavy (non-hydrogen) atoms. The van der Waals surface area contributed by atoms with Gasteiger partial charge in [-0.25, -0.2) is 0 Å². The zero-order valence-electron chi connectivity index (χ0n) is 10.7. The summed E-state index contributed by atoms with van der Waals surface area (Å²) < 4.78 is 5.48. The summed E-state index contributed by atoms with van der Waals surface area (Å²) in [6, 6.07) is 0. The molecule has 1 aliphatic rings. The Morgan fingerprint density at radius 2 is 2.12 bits per heavy atom. The maximum atomic E-state index is 11.7. The first-order valence-electron chi connectivity index (χ1n) is 5.99. The van der Waals surface area contributed by atoms with E-state index in [1.807, 2.05) is 13.8 Å². The number of hydrogen-bond acceptors (Lipinski definition) is 3. The van der Waals surface area contributed by atoms with Crippen molar-refractivity contribution in [3.63, 3.8) is 0 Å². The third-order valence-electron chi connectivity index (χ3n) is 2.65. The average molecular weight is 228 g/mol. The molecule has 0 aromatic rings. The van der Waals surface area contributed by atoms with E-state index in [-0.39, 0.29) is 5.91 Å². The molecule has 0 bridgehead atoms. The van der Waals surface area contributed by atoms with Crippen LogP contribution in [-0.2, 0) is 9.53 Å². The molecule has 0 spiro atoms. The van der Waals surface area contributed by atoms with Crippen LogP contribution in [0.2, 0.25) is 0 Å². The number of likely N-dealkylation sites (N-methyl/N-ethyl adjacent to an activating group) is 1. The van der Waals surface area contributed by atoms with Crippen LogP contribution in [-0.4, -0.2) is 43.2 Å². The number of nitrogens with two attached hydrogens (primary N) is 1. The van der Waals surface area contributed by atoms with Crippen molar-refractivity contribution in [3.05, 3.63) is 0 Å². The third kappa shape index (κ3) is 6.08. The summed E-state index contributed by atoms with van der Waals surface area (Å²) >= 11 is 0. The van der Waals surface area contributed by atoms with Crippen molar-refractivity contribution in [2.24, 2.45) is 11.7 Å². The van der Waals surface area contributed by atoms with Crippen molar-refractivity contribution in [1.29, 1.82) is 0 Å². The molecule has 0 heterocycles. The lowest BCUT2D eigenvalue weighted by molar-refractivity contribution is -0.131. The van der Waals surface area contributed by atoms with Crippen molar-refractivity contribution in [2.45, 2.75) is 38.6 Å². The Bertz CT molecular complexity index is 232. The molecule has 1 aliphatic carbocycles. The highest BCUT2D eigenvalue weighted by Crippen LogP contribution is 2.28. The predicted molar refractivity (Wildman–Crippen MR) is 64.1 cm³/mol. The standard InChI is InChI=1S/C12H24N2O2/c1-12(2,13)8-11(15)14(3)6-7-16-9-10-4-5-10/h10H,4-9,13H2,1-3H3. The minimum absolute atomic E-state index is 0.0857. The Kier molecular flexibility index (Phi) is 4.74. The van der Waals surface area contributed by atoms with Gasteiger partial charge in [-0.3, -0.25) is 4.79 Å². The van der Waals surface area contributed by atoms with Crippen molar-refractivity contribution in [1.82, 2.24) is 4.90 Å². The molecule has 1 rings (SSSR count). The zero-order valence-corrected chi connectivity index (χ0v) is 10.7. The normalized spacial score (nSPS) is 16.2. The van der Waals surface area contributed by atoms with Gasteiger partial charge in [-0.05, 0) is 32.6 Å². The molecule has 0 aliphatic heterocycles. The maximum Gasteiger partial charge on any atom is 0.224 e. The van der Waals surface area contributed by atoms with Crippen LogP contribution in [0.5, 0.6) is 0 Å². The molecule has 0 aromatic carbocycles. The van der Waals surface area contributed by atoms with Gasteiger partial charge in [0.05, 0.1) is 6.61 Å². The highest BCUT2D eigenvalue weighted by molar-refractivity contribution is 5.77. The largest absolute Gasteiger partial charge is 0.379 e. The summed E-state index contributed by atoms with van der Waals surface area (Å²) in [6.45, 7) is 5.86. The van der Waals surface area contributed by atoms with Gasteiger partial charge >= 0.3 is 0 Å². The molecule has 1 fully saturated rings. The number of ether oxygens (including phenoxy) is 1. The van der Waals surface area contributed by atoms with E-state index < -0.39 is 5.54 Å². The lowest BCUT2D eigenvalue weighted by atomic mass is 10.0. The van der Waals surface area contributed by atoms with E-state index in [0.29, 0.717) is 19.6 Å². The van der Waals surface area contributed by atoms with E-state index >= 15 is 0 Å². The zero-order chi connectivity index (χ0) is 12.2. The van der Waals surface area contributed by atoms with Crippen LogP contribution in [0.3, 0.4) is 0 Å². The van der Waals surface area contributed by atoms with Gasteiger partial charge in [0.2, 0.25) is 5.91 Å². The van der Waals surface area contributed by atoms with E-state index in [1.165, 1.54) is 12.8 Å². The van der Waals surface area contributed by atoms with Gasteiger partial charge in [0, 0.05) is 32.2 Å². The first kappa shape index (κ1) is 13.5. The van der Waals surface area contributed by atoms with Gasteiger partial charge in [-0.1, -0.05) is 0 Å². The second-order valence-electron chi connectivity index (χ2n) is 5.50. The highest BCUT2D eigenvalue weighted by Gasteiger charge is 2.22. The monoisotopic (exact) mass is 228 g/mol. The van der Waals surface area contributed by atoms with Crippen LogP contribution in [0, 0.1) is 5.92 Å². The van der Waals surface area contributed by atoms with E-state index in [9.17, 15) is 4.79 Å². The summed E-state index contributed by atoms with van der Waals surface area (Å²) in [5, 5.41) is 0. The Balaban J connectivity index is 2.07. The number of rotatable bonds is 7. The molecule has 0 atom stereocenters. The Morgan fingerprint density at radius 3 is 2.62 bits per heavy atom. The van der Waals surface area contributed by atoms with Gasteiger partial charge < -0.3 is 15.4 Å². The number of hydrogen-bond donors (Lipinski definition) is 1. The second-order valence-corrected chi connectivity index (χ2v) is 5.50. The SMILES string of the molecule is CN(CCOCC1CC1)C(=O)CC(C)(C)N. The Hall–Kier alpha value is -0.610. The number of carbonyl (C=O) groups excluding carboxylic acids is 1. The molecule has 0 aromatic heterocycles. The molecule has 1 saturated carbocycles. The van der Waals surface area contributed by atoms with Gasteiger partial charge in [0.1, 0.15) is 0 Å². The molecule has 94 valence electrons. The molecular formula is C12H24N2O2. The lowest BCUT2D eigenvalue weighted by Gasteiger charge is -2.23. The smallest absolute Gasteiger partial charge is 0.224 e. The van der Waals surface area contributed by atoms with Crippen molar-refractivity contribution < 1.29 is 9.53 Å². The second kappa shape index (κ2) is 5.64. The van der Waals surface area contributed by atoms with Crippen molar-refractivity contribution in [3.8, 4) is 0 Å². The number of amides is 1.